The van der Waals surface area contributed by atoms with Gasteiger partial charge in [0, 0.05) is 17.1 Å². The molecule has 0 radical (unpaired) electrons. The number of benzene rings is 2. The van der Waals surface area contributed by atoms with Gasteiger partial charge in [0.15, 0.2) is 17.2 Å². The lowest BCUT2D eigenvalue weighted by Gasteiger charge is -2.12. The van der Waals surface area contributed by atoms with Gasteiger partial charge in [-0.3, -0.25) is 5.10 Å². The van der Waals surface area contributed by atoms with E-state index in [2.05, 4.69) is 25.5 Å². The van der Waals surface area contributed by atoms with Gasteiger partial charge in [-0.2, -0.15) is 19.5 Å². The van der Waals surface area contributed by atoms with Crippen LogP contribution >= 0.6 is 11.6 Å². The summed E-state index contributed by atoms with van der Waals surface area (Å²) in [5.41, 5.74) is 1.46. The van der Waals surface area contributed by atoms with Crippen molar-refractivity contribution in [2.75, 3.05) is 11.9 Å². The Kier molecular flexibility index (Phi) is 5.47. The number of anilines is 1. The highest BCUT2D eigenvalue weighted by Crippen LogP contribution is 2.36. The van der Waals surface area contributed by atoms with Crippen molar-refractivity contribution in [3.63, 3.8) is 0 Å². The fraction of sp³-hybridized carbons (Fsp3) is 0.150. The fourth-order valence-corrected chi connectivity index (χ4v) is 3.07. The molecule has 0 spiro atoms. The molecular weight excluding hydrogens is 416 g/mol. The summed E-state index contributed by atoms with van der Waals surface area (Å²) in [5, 5.41) is 20.7. The number of hydrogen-bond donors (Lipinski definition) is 3. The maximum atomic E-state index is 14.0. The Morgan fingerprint density at radius 2 is 1.97 bits per heavy atom. The number of nitrogens with one attached hydrogen (secondary N) is 2. The van der Waals surface area contributed by atoms with Crippen LogP contribution in [0.4, 0.5) is 14.6 Å². The van der Waals surface area contributed by atoms with E-state index in [1.54, 1.807) is 25.1 Å². The maximum absolute atomic E-state index is 14.0. The van der Waals surface area contributed by atoms with Gasteiger partial charge in [0.1, 0.15) is 5.82 Å². The highest BCUT2D eigenvalue weighted by atomic mass is 35.5. The van der Waals surface area contributed by atoms with Gasteiger partial charge in [-0.05, 0) is 25.1 Å². The molecule has 7 nitrogen and oxygen atoms in total. The van der Waals surface area contributed by atoms with Gasteiger partial charge in [0.25, 0.3) is 0 Å². The number of aliphatic hydroxyl groups excluding tert-OH is 1. The van der Waals surface area contributed by atoms with Crippen molar-refractivity contribution in [3.8, 4) is 23.0 Å². The predicted octanol–water partition coefficient (Wildman–Crippen LogP) is 4.54. The predicted molar refractivity (Wildman–Crippen MR) is 109 cm³/mol. The topological polar surface area (TPSA) is 95.9 Å². The van der Waals surface area contributed by atoms with Crippen molar-refractivity contribution < 1.29 is 18.6 Å². The minimum Gasteiger partial charge on any atom is -0.421 e. The molecular formula is C20H16ClF2N5O2. The van der Waals surface area contributed by atoms with E-state index in [9.17, 15) is 13.9 Å². The zero-order valence-electron chi connectivity index (χ0n) is 15.7. The lowest BCUT2D eigenvalue weighted by molar-refractivity contribution is 0.208. The van der Waals surface area contributed by atoms with Crippen molar-refractivity contribution in [2.45, 2.75) is 13.0 Å². The Labute approximate surface area is 174 Å². The standard InChI is InChI=1S/C20H16ClF2N5O2/c1-10(29)9-24-18-15-17(11-5-2-3-6-12(11)21)27-28-19(15)26-20(25-18)30-14-8-4-7-13(22)16(14)23/h2-8,10,29H,9H2,1H3,(H2,24,25,26,27,28). The number of fused-ring (bicyclic) bond motifs is 1. The van der Waals surface area contributed by atoms with Gasteiger partial charge in [0.2, 0.25) is 5.82 Å². The zero-order valence-corrected chi connectivity index (χ0v) is 16.4. The number of halogens is 3. The van der Waals surface area contributed by atoms with E-state index >= 15 is 0 Å². The number of nitrogens with zero attached hydrogens (tertiary/aromatic N) is 3. The molecule has 0 fully saturated rings. The average molecular weight is 432 g/mol. The first-order valence-electron chi connectivity index (χ1n) is 8.99. The quantitative estimate of drug-likeness (QED) is 0.415. The highest BCUT2D eigenvalue weighted by Gasteiger charge is 2.20. The summed E-state index contributed by atoms with van der Waals surface area (Å²) < 4.78 is 32.8. The van der Waals surface area contributed by atoms with Gasteiger partial charge in [-0.1, -0.05) is 35.9 Å². The maximum Gasteiger partial charge on any atom is 0.326 e. The van der Waals surface area contributed by atoms with Gasteiger partial charge in [-0.15, -0.1) is 0 Å². The number of ether oxygens (including phenoxy) is 1. The number of hydrogen-bond acceptors (Lipinski definition) is 6. The van der Waals surface area contributed by atoms with Gasteiger partial charge in [0.05, 0.1) is 17.2 Å². The lowest BCUT2D eigenvalue weighted by Crippen LogP contribution is -2.16. The van der Waals surface area contributed by atoms with Gasteiger partial charge in [-0.25, -0.2) is 4.39 Å². The third-order valence-corrected chi connectivity index (χ3v) is 4.55. The summed E-state index contributed by atoms with van der Waals surface area (Å²) in [6.07, 6.45) is -0.671. The Morgan fingerprint density at radius 3 is 2.73 bits per heavy atom. The molecule has 154 valence electrons. The molecule has 30 heavy (non-hydrogen) atoms. The van der Waals surface area contributed by atoms with Crippen LogP contribution in [0.1, 0.15) is 6.92 Å². The van der Waals surface area contributed by atoms with Crippen LogP contribution in [0, 0.1) is 11.6 Å². The summed E-state index contributed by atoms with van der Waals surface area (Å²) in [4.78, 5) is 8.47. The molecule has 2 heterocycles. The molecule has 0 bridgehead atoms. The number of rotatable bonds is 6. The van der Waals surface area contributed by atoms with E-state index in [0.29, 0.717) is 21.7 Å². The molecule has 0 saturated carbocycles. The first-order chi connectivity index (χ1) is 14.4. The molecule has 0 aliphatic heterocycles. The molecule has 0 amide bonds. The lowest BCUT2D eigenvalue weighted by atomic mass is 10.1. The summed E-state index contributed by atoms with van der Waals surface area (Å²) in [7, 11) is 0. The fourth-order valence-electron chi connectivity index (χ4n) is 2.84. The Morgan fingerprint density at radius 1 is 1.17 bits per heavy atom. The van der Waals surface area contributed by atoms with Crippen molar-refractivity contribution in [3.05, 3.63) is 59.1 Å². The molecule has 4 rings (SSSR count). The van der Waals surface area contributed by atoms with Crippen LogP contribution in [0.5, 0.6) is 11.8 Å². The van der Waals surface area contributed by atoms with Gasteiger partial charge < -0.3 is 15.2 Å². The third-order valence-electron chi connectivity index (χ3n) is 4.22. The van der Waals surface area contributed by atoms with Crippen LogP contribution in [0.25, 0.3) is 22.3 Å². The number of H-pyrrole nitrogens is 1. The second-order valence-electron chi connectivity index (χ2n) is 6.52. The van der Waals surface area contributed by atoms with Crippen LogP contribution in [0.15, 0.2) is 42.5 Å². The zero-order chi connectivity index (χ0) is 21.3. The van der Waals surface area contributed by atoms with E-state index in [1.807, 2.05) is 6.07 Å². The average Bonchev–Trinajstić information content (AvgIpc) is 3.14. The van der Waals surface area contributed by atoms with E-state index in [-0.39, 0.29) is 29.8 Å². The minimum atomic E-state index is -1.15. The molecule has 2 aromatic heterocycles. The van der Waals surface area contributed by atoms with Crippen LogP contribution in [-0.2, 0) is 0 Å². The molecule has 3 N–H and O–H groups in total. The monoisotopic (exact) mass is 431 g/mol. The Bertz CT molecular complexity index is 1220. The molecule has 4 aromatic rings. The summed E-state index contributed by atoms with van der Waals surface area (Å²) in [6.45, 7) is 1.78. The minimum absolute atomic E-state index is 0.174. The van der Waals surface area contributed by atoms with Crippen LogP contribution in [0.3, 0.4) is 0 Å². The van der Waals surface area contributed by atoms with Crippen LogP contribution in [-0.4, -0.2) is 37.9 Å². The second kappa shape index (κ2) is 8.21. The molecule has 1 unspecified atom stereocenters. The van der Waals surface area contributed by atoms with E-state index < -0.39 is 17.7 Å². The third kappa shape index (κ3) is 3.89. The smallest absolute Gasteiger partial charge is 0.326 e. The summed E-state index contributed by atoms with van der Waals surface area (Å²) >= 11 is 6.32. The summed E-state index contributed by atoms with van der Waals surface area (Å²) in [5.74, 6) is -2.28. The van der Waals surface area contributed by atoms with Crippen molar-refractivity contribution >= 4 is 28.5 Å². The molecule has 0 saturated heterocycles. The second-order valence-corrected chi connectivity index (χ2v) is 6.92. The van der Waals surface area contributed by atoms with E-state index in [1.165, 1.54) is 12.1 Å². The largest absolute Gasteiger partial charge is 0.421 e. The first kappa shape index (κ1) is 20.0. The Hall–Kier alpha value is -3.30. The normalized spacial score (nSPS) is 12.2. The molecule has 0 aliphatic carbocycles. The van der Waals surface area contributed by atoms with Crippen molar-refractivity contribution in [2.24, 2.45) is 0 Å². The van der Waals surface area contributed by atoms with Crippen LogP contribution in [0.2, 0.25) is 5.02 Å². The van der Waals surface area contributed by atoms with E-state index in [0.717, 1.165) is 6.07 Å². The summed E-state index contributed by atoms with van der Waals surface area (Å²) in [6, 6.07) is 10.5. The van der Waals surface area contributed by atoms with Gasteiger partial charge >= 0.3 is 6.01 Å². The number of aromatic nitrogens is 4. The first-order valence-corrected chi connectivity index (χ1v) is 9.36. The van der Waals surface area contributed by atoms with Crippen molar-refractivity contribution in [1.82, 2.24) is 20.2 Å². The Balaban J connectivity index is 1.83. The SMILES string of the molecule is CC(O)CNc1nc(Oc2cccc(F)c2F)nc2n[nH]c(-c3ccccc3Cl)c12. The molecule has 10 heteroatoms. The van der Waals surface area contributed by atoms with Crippen LogP contribution < -0.4 is 10.1 Å². The van der Waals surface area contributed by atoms with Crippen molar-refractivity contribution in [1.29, 1.82) is 0 Å². The van der Waals surface area contributed by atoms with E-state index in [4.69, 9.17) is 16.3 Å². The number of aromatic amines is 1. The molecule has 0 aliphatic rings. The molecule has 1 atom stereocenters. The number of aliphatic hydroxyl groups is 1. The highest BCUT2D eigenvalue weighted by molar-refractivity contribution is 6.33. The molecule has 2 aromatic carbocycles.